The smallest absolute Gasteiger partial charge is 0.164 e. The van der Waals surface area contributed by atoms with Crippen LogP contribution in [0.4, 0.5) is 0 Å². The Kier molecular flexibility index (Phi) is 5.11. The number of carbonyl (C=O) groups excluding carboxylic acids is 1. The average molecular weight is 261 g/mol. The van der Waals surface area contributed by atoms with E-state index in [4.69, 9.17) is 0 Å². The molecule has 104 valence electrons. The largest absolute Gasteiger partial charge is 0.393 e. The Morgan fingerprint density at radius 3 is 2.68 bits per heavy atom. The normalized spacial score (nSPS) is 22.9. The summed E-state index contributed by atoms with van der Waals surface area (Å²) >= 11 is 0. The molecule has 19 heavy (non-hydrogen) atoms. The molecule has 3 nitrogen and oxygen atoms in total. The summed E-state index contributed by atoms with van der Waals surface area (Å²) in [4.78, 5) is 14.1. The number of Topliss-reactive ketones (excluding diaryl/α,β-unsaturated/α-hetero) is 1. The maximum atomic E-state index is 12.0. The third-order valence-electron chi connectivity index (χ3n) is 3.98. The summed E-state index contributed by atoms with van der Waals surface area (Å²) < 4.78 is 0. The molecule has 1 fully saturated rings. The first kappa shape index (κ1) is 14.2. The van der Waals surface area contributed by atoms with Gasteiger partial charge in [0, 0.05) is 25.1 Å². The Morgan fingerprint density at radius 2 is 2.05 bits per heavy atom. The molecule has 0 aliphatic heterocycles. The van der Waals surface area contributed by atoms with E-state index < -0.39 is 0 Å². The molecule has 2 atom stereocenters. The van der Waals surface area contributed by atoms with Gasteiger partial charge in [0.15, 0.2) is 5.78 Å². The van der Waals surface area contributed by atoms with Crippen molar-refractivity contribution in [2.45, 2.75) is 31.8 Å². The molecule has 0 aromatic heterocycles. The number of aliphatic hydroxyl groups is 1. The van der Waals surface area contributed by atoms with Crippen molar-refractivity contribution in [2.24, 2.45) is 5.92 Å². The number of nitrogens with zero attached hydrogens (tertiary/aromatic N) is 1. The molecule has 0 heterocycles. The van der Waals surface area contributed by atoms with Crippen molar-refractivity contribution in [3.63, 3.8) is 0 Å². The molecule has 1 saturated carbocycles. The van der Waals surface area contributed by atoms with Crippen LogP contribution in [-0.2, 0) is 0 Å². The molecular weight excluding hydrogens is 238 g/mol. The molecule has 0 amide bonds. The molecule has 2 rings (SSSR count). The molecule has 1 aromatic rings. The number of carbonyl (C=O) groups is 1. The third kappa shape index (κ3) is 4.15. The maximum Gasteiger partial charge on any atom is 0.164 e. The fourth-order valence-electron chi connectivity index (χ4n) is 2.78. The Balaban J connectivity index is 1.74. The molecule has 1 aromatic carbocycles. The van der Waals surface area contributed by atoms with Gasteiger partial charge in [-0.3, -0.25) is 4.79 Å². The van der Waals surface area contributed by atoms with Crippen molar-refractivity contribution in [2.75, 3.05) is 20.1 Å². The second-order valence-corrected chi connectivity index (χ2v) is 5.56. The average Bonchev–Trinajstić information content (AvgIpc) is 2.82. The van der Waals surface area contributed by atoms with E-state index in [0.29, 0.717) is 12.3 Å². The lowest BCUT2D eigenvalue weighted by Gasteiger charge is -2.22. The summed E-state index contributed by atoms with van der Waals surface area (Å²) in [7, 11) is 2.03. The summed E-state index contributed by atoms with van der Waals surface area (Å²) in [5.41, 5.74) is 0.789. The number of hydrogen-bond acceptors (Lipinski definition) is 3. The minimum atomic E-state index is -0.146. The molecule has 0 bridgehead atoms. The van der Waals surface area contributed by atoms with Gasteiger partial charge < -0.3 is 10.0 Å². The summed E-state index contributed by atoms with van der Waals surface area (Å²) in [6.07, 6.45) is 3.57. The molecule has 0 radical (unpaired) electrons. The van der Waals surface area contributed by atoms with Crippen LogP contribution in [0.2, 0.25) is 0 Å². The number of ketones is 1. The first-order chi connectivity index (χ1) is 9.16. The highest BCUT2D eigenvalue weighted by atomic mass is 16.3. The van der Waals surface area contributed by atoms with Gasteiger partial charge in [-0.2, -0.15) is 0 Å². The monoisotopic (exact) mass is 261 g/mol. The van der Waals surface area contributed by atoms with Crippen LogP contribution in [0.15, 0.2) is 30.3 Å². The van der Waals surface area contributed by atoms with Gasteiger partial charge in [0.25, 0.3) is 0 Å². The summed E-state index contributed by atoms with van der Waals surface area (Å²) in [6.45, 7) is 1.65. The van der Waals surface area contributed by atoms with Crippen LogP contribution in [0.3, 0.4) is 0 Å². The van der Waals surface area contributed by atoms with E-state index in [-0.39, 0.29) is 11.9 Å². The zero-order valence-corrected chi connectivity index (χ0v) is 11.6. The number of benzene rings is 1. The highest BCUT2D eigenvalue weighted by molar-refractivity contribution is 5.96. The first-order valence-corrected chi connectivity index (χ1v) is 7.11. The van der Waals surface area contributed by atoms with E-state index in [1.165, 1.54) is 0 Å². The van der Waals surface area contributed by atoms with Crippen LogP contribution in [0, 0.1) is 5.92 Å². The fourth-order valence-corrected chi connectivity index (χ4v) is 2.78. The highest BCUT2D eigenvalue weighted by Crippen LogP contribution is 2.25. The van der Waals surface area contributed by atoms with Gasteiger partial charge >= 0.3 is 0 Å². The molecule has 1 aliphatic rings. The van der Waals surface area contributed by atoms with Crippen molar-refractivity contribution < 1.29 is 9.90 Å². The quantitative estimate of drug-likeness (QED) is 0.799. The second kappa shape index (κ2) is 6.83. The van der Waals surface area contributed by atoms with E-state index in [1.807, 2.05) is 37.4 Å². The third-order valence-corrected chi connectivity index (χ3v) is 3.98. The SMILES string of the molecule is CN(CCC(=O)c1ccccc1)CC1CCCC1O. The van der Waals surface area contributed by atoms with Crippen molar-refractivity contribution in [3.8, 4) is 0 Å². The lowest BCUT2D eigenvalue weighted by molar-refractivity contribution is 0.0936. The van der Waals surface area contributed by atoms with E-state index >= 15 is 0 Å². The van der Waals surface area contributed by atoms with Crippen molar-refractivity contribution in [3.05, 3.63) is 35.9 Å². The summed E-state index contributed by atoms with van der Waals surface area (Å²) in [5.74, 6) is 0.580. The Bertz CT molecular complexity index is 404. The lowest BCUT2D eigenvalue weighted by Crippen LogP contribution is -2.31. The van der Waals surface area contributed by atoms with Gasteiger partial charge in [-0.15, -0.1) is 0 Å². The Hall–Kier alpha value is -1.19. The number of rotatable bonds is 6. The van der Waals surface area contributed by atoms with Crippen LogP contribution in [0.5, 0.6) is 0 Å². The van der Waals surface area contributed by atoms with Crippen LogP contribution < -0.4 is 0 Å². The van der Waals surface area contributed by atoms with Crippen molar-refractivity contribution >= 4 is 5.78 Å². The zero-order chi connectivity index (χ0) is 13.7. The molecule has 0 saturated heterocycles. The standard InChI is InChI=1S/C16H23NO2/c1-17(12-14-8-5-9-15(14)18)11-10-16(19)13-6-3-2-4-7-13/h2-4,6-7,14-15,18H,5,8-12H2,1H3. The van der Waals surface area contributed by atoms with Crippen molar-refractivity contribution in [1.82, 2.24) is 4.90 Å². The molecule has 1 N–H and O–H groups in total. The van der Waals surface area contributed by atoms with Crippen molar-refractivity contribution in [1.29, 1.82) is 0 Å². The predicted octanol–water partition coefficient (Wildman–Crippen LogP) is 2.35. The molecule has 3 heteroatoms. The Morgan fingerprint density at radius 1 is 1.32 bits per heavy atom. The van der Waals surface area contributed by atoms with Crippen LogP contribution in [0.1, 0.15) is 36.0 Å². The second-order valence-electron chi connectivity index (χ2n) is 5.56. The molecule has 1 aliphatic carbocycles. The topological polar surface area (TPSA) is 40.5 Å². The van der Waals surface area contributed by atoms with Crippen LogP contribution in [0.25, 0.3) is 0 Å². The van der Waals surface area contributed by atoms with E-state index in [0.717, 1.165) is 37.9 Å². The van der Waals surface area contributed by atoms with Gasteiger partial charge in [0.05, 0.1) is 6.10 Å². The lowest BCUT2D eigenvalue weighted by atomic mass is 10.0. The molecular formula is C16H23NO2. The van der Waals surface area contributed by atoms with E-state index in [2.05, 4.69) is 4.90 Å². The van der Waals surface area contributed by atoms with Gasteiger partial charge in [-0.1, -0.05) is 36.8 Å². The minimum Gasteiger partial charge on any atom is -0.393 e. The van der Waals surface area contributed by atoms with E-state index in [9.17, 15) is 9.90 Å². The van der Waals surface area contributed by atoms with Gasteiger partial charge in [0.2, 0.25) is 0 Å². The Labute approximate surface area is 115 Å². The van der Waals surface area contributed by atoms with Crippen LogP contribution >= 0.6 is 0 Å². The van der Waals surface area contributed by atoms with E-state index in [1.54, 1.807) is 0 Å². The first-order valence-electron chi connectivity index (χ1n) is 7.11. The van der Waals surface area contributed by atoms with Gasteiger partial charge in [-0.25, -0.2) is 0 Å². The fraction of sp³-hybridized carbons (Fsp3) is 0.562. The molecule has 0 spiro atoms. The van der Waals surface area contributed by atoms with Crippen LogP contribution in [-0.4, -0.2) is 42.0 Å². The summed E-state index contributed by atoms with van der Waals surface area (Å²) in [6, 6.07) is 9.44. The maximum absolute atomic E-state index is 12.0. The zero-order valence-electron chi connectivity index (χ0n) is 11.6. The predicted molar refractivity (Wildman–Crippen MR) is 76.2 cm³/mol. The number of hydrogen-bond donors (Lipinski definition) is 1. The summed E-state index contributed by atoms with van der Waals surface area (Å²) in [5, 5.41) is 9.80. The highest BCUT2D eigenvalue weighted by Gasteiger charge is 2.26. The molecule has 2 unspecified atom stereocenters. The minimum absolute atomic E-state index is 0.146. The van der Waals surface area contributed by atoms with Gasteiger partial charge in [-0.05, 0) is 25.8 Å². The number of aliphatic hydroxyl groups excluding tert-OH is 1. The van der Waals surface area contributed by atoms with Gasteiger partial charge in [0.1, 0.15) is 0 Å².